The summed E-state index contributed by atoms with van der Waals surface area (Å²) < 4.78 is 82.8. The first kappa shape index (κ1) is 32.6. The van der Waals surface area contributed by atoms with Crippen molar-refractivity contribution in [3.05, 3.63) is 53.7 Å². The van der Waals surface area contributed by atoms with Gasteiger partial charge in [0.05, 0.1) is 18.6 Å². The number of alkyl halides is 6. The van der Waals surface area contributed by atoms with Crippen molar-refractivity contribution in [3.63, 3.8) is 0 Å². The van der Waals surface area contributed by atoms with Gasteiger partial charge in [0.15, 0.2) is 0 Å². The third kappa shape index (κ3) is 8.94. The summed E-state index contributed by atoms with van der Waals surface area (Å²) in [5.74, 6) is -3.92. The molecule has 40 heavy (non-hydrogen) atoms. The number of carbonyl (C=O) groups excluding carboxylic acids is 1. The van der Waals surface area contributed by atoms with Crippen LogP contribution in [0.3, 0.4) is 0 Å². The molecule has 0 aliphatic carbocycles. The highest BCUT2D eigenvalue weighted by Crippen LogP contribution is 2.34. The normalized spacial score (nSPS) is 20.0. The van der Waals surface area contributed by atoms with Crippen molar-refractivity contribution in [2.45, 2.75) is 37.8 Å². The molecule has 1 atom stereocenters. The first-order chi connectivity index (χ1) is 18.3. The van der Waals surface area contributed by atoms with Crippen LogP contribution in [0.1, 0.15) is 17.9 Å². The zero-order valence-corrected chi connectivity index (χ0v) is 21.2. The van der Waals surface area contributed by atoms with E-state index in [-0.39, 0.29) is 17.3 Å². The number of carboxylic acids is 2. The van der Waals surface area contributed by atoms with Crippen LogP contribution in [-0.4, -0.2) is 89.0 Å². The van der Waals surface area contributed by atoms with Crippen LogP contribution < -0.4 is 4.90 Å². The molecule has 2 fully saturated rings. The Balaban J connectivity index is 0.000000333. The second-order valence-electron chi connectivity index (χ2n) is 9.12. The third-order valence-electron chi connectivity index (χ3n) is 6.13. The van der Waals surface area contributed by atoms with Crippen molar-refractivity contribution in [1.29, 1.82) is 0 Å². The number of benzene rings is 1. The van der Waals surface area contributed by atoms with E-state index in [1.807, 2.05) is 26.1 Å². The molecular weight excluding hydrogens is 559 g/mol. The van der Waals surface area contributed by atoms with Crippen molar-refractivity contribution in [1.82, 2.24) is 9.80 Å². The molecule has 2 aliphatic heterocycles. The zero-order valence-electron chi connectivity index (χ0n) is 21.2. The summed E-state index contributed by atoms with van der Waals surface area (Å²) in [5.41, 5.74) is 0.532. The number of rotatable bonds is 3. The van der Waals surface area contributed by atoms with Gasteiger partial charge in [-0.3, -0.25) is 14.6 Å². The molecule has 4 rings (SSSR count). The Kier molecular flexibility index (Phi) is 10.3. The second-order valence-corrected chi connectivity index (χ2v) is 9.12. The molecule has 222 valence electrons. The number of aliphatic carboxylic acids is 2. The lowest BCUT2D eigenvalue weighted by Crippen LogP contribution is -2.64. The molecule has 1 amide bonds. The van der Waals surface area contributed by atoms with Crippen LogP contribution in [0.2, 0.25) is 0 Å². The first-order valence-electron chi connectivity index (χ1n) is 11.5. The van der Waals surface area contributed by atoms with Crippen molar-refractivity contribution in [3.8, 4) is 0 Å². The molecule has 2 aliphatic rings. The summed E-state index contributed by atoms with van der Waals surface area (Å²) in [5, 5.41) is 14.2. The number of piperazine rings is 1. The Morgan fingerprint density at radius 1 is 1.00 bits per heavy atom. The van der Waals surface area contributed by atoms with Gasteiger partial charge in [0, 0.05) is 25.3 Å². The SMILES string of the molecule is Cc1ccc(CN2CCC3(C2)CN(c2cccc(F)c2)C(=O)CN3C)o1.O=C(O)C(F)(F)F.O=C(O)C(F)(F)F. The molecule has 2 N–H and O–H groups in total. The number of likely N-dealkylation sites (N-methyl/N-ethyl adjacent to an activating group) is 1. The average Bonchev–Trinajstić information content (AvgIpc) is 3.42. The van der Waals surface area contributed by atoms with Crippen molar-refractivity contribution < 1.29 is 59.7 Å². The molecule has 1 aromatic carbocycles. The molecular formula is C24H26F7N3O6. The van der Waals surface area contributed by atoms with E-state index in [0.717, 1.165) is 37.6 Å². The van der Waals surface area contributed by atoms with Gasteiger partial charge in [-0.25, -0.2) is 14.0 Å². The molecule has 2 aromatic rings. The molecule has 2 saturated heterocycles. The van der Waals surface area contributed by atoms with E-state index in [9.17, 15) is 35.5 Å². The number of amides is 1. The van der Waals surface area contributed by atoms with Crippen molar-refractivity contribution in [2.75, 3.05) is 38.1 Å². The fourth-order valence-corrected chi connectivity index (χ4v) is 4.15. The van der Waals surface area contributed by atoms with Crippen LogP contribution in [0.5, 0.6) is 0 Å². The summed E-state index contributed by atoms with van der Waals surface area (Å²) in [6.45, 7) is 5.48. The lowest BCUT2D eigenvalue weighted by molar-refractivity contribution is -0.193. The van der Waals surface area contributed by atoms with Crippen LogP contribution in [0.4, 0.5) is 36.4 Å². The lowest BCUT2D eigenvalue weighted by Gasteiger charge is -2.47. The van der Waals surface area contributed by atoms with E-state index >= 15 is 0 Å². The Hall–Kier alpha value is -3.66. The van der Waals surface area contributed by atoms with Gasteiger partial charge >= 0.3 is 24.3 Å². The molecule has 0 radical (unpaired) electrons. The number of carboxylic acid groups (broad SMARTS) is 2. The summed E-state index contributed by atoms with van der Waals surface area (Å²) >= 11 is 0. The standard InChI is InChI=1S/C20H24FN3O2.2C2HF3O2/c1-15-6-7-18(26-15)11-23-9-8-20(13-23)14-24(19(25)12-22(20)2)17-5-3-4-16(21)10-17;2*3-2(4,5)1(6)7/h3-7,10H,8-9,11-14H2,1-2H3;2*(H,6,7). The fraction of sp³-hybridized carbons (Fsp3) is 0.458. The Bertz CT molecular complexity index is 1180. The molecule has 9 nitrogen and oxygen atoms in total. The van der Waals surface area contributed by atoms with Gasteiger partial charge in [0.25, 0.3) is 0 Å². The van der Waals surface area contributed by atoms with E-state index in [0.29, 0.717) is 18.8 Å². The van der Waals surface area contributed by atoms with Gasteiger partial charge in [0.1, 0.15) is 17.3 Å². The highest BCUT2D eigenvalue weighted by molar-refractivity contribution is 5.96. The molecule has 0 bridgehead atoms. The predicted octanol–water partition coefficient (Wildman–Crippen LogP) is 3.92. The molecule has 3 heterocycles. The van der Waals surface area contributed by atoms with Crippen LogP contribution in [0.15, 0.2) is 40.8 Å². The maximum atomic E-state index is 13.6. The van der Waals surface area contributed by atoms with E-state index in [2.05, 4.69) is 9.80 Å². The largest absolute Gasteiger partial charge is 0.490 e. The number of aryl methyl sites for hydroxylation is 1. The van der Waals surface area contributed by atoms with Crippen LogP contribution in [0, 0.1) is 12.7 Å². The lowest BCUT2D eigenvalue weighted by atomic mass is 9.92. The van der Waals surface area contributed by atoms with Crippen molar-refractivity contribution >= 4 is 23.5 Å². The molecule has 16 heteroatoms. The number of nitrogens with zero attached hydrogens (tertiary/aromatic N) is 3. The van der Waals surface area contributed by atoms with E-state index in [4.69, 9.17) is 24.2 Å². The fourth-order valence-electron chi connectivity index (χ4n) is 4.15. The number of anilines is 1. The third-order valence-corrected chi connectivity index (χ3v) is 6.13. The van der Waals surface area contributed by atoms with Crippen LogP contribution >= 0.6 is 0 Å². The quantitative estimate of drug-likeness (QED) is 0.522. The minimum Gasteiger partial charge on any atom is -0.475 e. The van der Waals surface area contributed by atoms with Gasteiger partial charge in [-0.05, 0) is 50.7 Å². The number of halogens is 7. The highest BCUT2D eigenvalue weighted by atomic mass is 19.4. The second kappa shape index (κ2) is 12.7. The van der Waals surface area contributed by atoms with Crippen LogP contribution in [0.25, 0.3) is 0 Å². The minimum atomic E-state index is -5.08. The van der Waals surface area contributed by atoms with Crippen molar-refractivity contribution in [2.24, 2.45) is 0 Å². The first-order valence-corrected chi connectivity index (χ1v) is 11.5. The molecule has 1 aromatic heterocycles. The topological polar surface area (TPSA) is 115 Å². The smallest absolute Gasteiger partial charge is 0.475 e. The Morgan fingerprint density at radius 3 is 2.05 bits per heavy atom. The monoisotopic (exact) mass is 585 g/mol. The molecule has 0 saturated carbocycles. The average molecular weight is 585 g/mol. The summed E-state index contributed by atoms with van der Waals surface area (Å²) in [7, 11) is 2.02. The van der Waals surface area contributed by atoms with Gasteiger partial charge in [-0.15, -0.1) is 0 Å². The van der Waals surface area contributed by atoms with Gasteiger partial charge in [-0.1, -0.05) is 6.07 Å². The Morgan fingerprint density at radius 2 is 1.57 bits per heavy atom. The van der Waals surface area contributed by atoms with Gasteiger partial charge in [0.2, 0.25) is 5.91 Å². The predicted molar refractivity (Wildman–Crippen MR) is 125 cm³/mol. The number of likely N-dealkylation sites (tertiary alicyclic amines) is 1. The van der Waals surface area contributed by atoms with E-state index < -0.39 is 24.3 Å². The minimum absolute atomic E-state index is 0.0174. The van der Waals surface area contributed by atoms with Gasteiger partial charge in [-0.2, -0.15) is 26.3 Å². The highest BCUT2D eigenvalue weighted by Gasteiger charge is 2.47. The summed E-state index contributed by atoms with van der Waals surface area (Å²) in [4.78, 5) is 36.6. The van der Waals surface area contributed by atoms with Crippen LogP contribution in [-0.2, 0) is 20.9 Å². The number of hydrogen-bond acceptors (Lipinski definition) is 6. The number of hydrogen-bond donors (Lipinski definition) is 2. The maximum Gasteiger partial charge on any atom is 0.490 e. The Labute approximate surface area is 223 Å². The number of furan rings is 1. The van der Waals surface area contributed by atoms with Gasteiger partial charge < -0.3 is 19.5 Å². The molecule has 1 spiro atoms. The number of carbonyl (C=O) groups is 3. The van der Waals surface area contributed by atoms with E-state index in [1.54, 1.807) is 17.0 Å². The maximum absolute atomic E-state index is 13.6. The summed E-state index contributed by atoms with van der Waals surface area (Å²) in [6.07, 6.45) is -9.19. The molecule has 1 unspecified atom stereocenters. The summed E-state index contributed by atoms with van der Waals surface area (Å²) in [6, 6.07) is 10.3. The zero-order chi connectivity index (χ0) is 30.5. The van der Waals surface area contributed by atoms with E-state index in [1.165, 1.54) is 12.1 Å².